The van der Waals surface area contributed by atoms with E-state index in [0.29, 0.717) is 31.6 Å². The van der Waals surface area contributed by atoms with E-state index in [9.17, 15) is 14.0 Å². The number of rotatable bonds is 2. The number of halogens is 1. The topological polar surface area (TPSA) is 68.7 Å². The molecule has 2 fully saturated rings. The average molecular weight is 400 g/mol. The molecule has 29 heavy (non-hydrogen) atoms. The number of aromatic nitrogens is 1. The summed E-state index contributed by atoms with van der Waals surface area (Å²) in [6.45, 7) is 6.17. The number of ketones is 1. The fourth-order valence-electron chi connectivity index (χ4n) is 4.25. The zero-order valence-electron chi connectivity index (χ0n) is 16.9. The molecule has 0 radical (unpaired) electrons. The van der Waals surface area contributed by atoms with Crippen molar-refractivity contribution in [2.45, 2.75) is 51.3 Å². The van der Waals surface area contributed by atoms with Crippen molar-refractivity contribution in [2.75, 3.05) is 13.2 Å². The van der Waals surface area contributed by atoms with Crippen molar-refractivity contribution in [1.82, 2.24) is 9.88 Å². The summed E-state index contributed by atoms with van der Waals surface area (Å²) in [5.41, 5.74) is 0.00743. The van der Waals surface area contributed by atoms with Crippen molar-refractivity contribution in [3.63, 3.8) is 0 Å². The van der Waals surface area contributed by atoms with E-state index < -0.39 is 11.4 Å². The largest absolute Gasteiger partial charge is 0.444 e. The second-order valence-electron chi connectivity index (χ2n) is 8.79. The van der Waals surface area contributed by atoms with E-state index in [1.54, 1.807) is 23.2 Å². The maximum Gasteiger partial charge on any atom is 0.410 e. The van der Waals surface area contributed by atoms with Gasteiger partial charge >= 0.3 is 6.09 Å². The predicted molar refractivity (Wildman–Crippen MR) is 105 cm³/mol. The molecular weight excluding hydrogens is 375 g/mol. The molecule has 0 N–H and O–H groups in total. The number of hydrogen-bond acceptors (Lipinski definition) is 5. The van der Waals surface area contributed by atoms with Crippen LogP contribution in [0.5, 0.6) is 0 Å². The predicted octanol–water partition coefficient (Wildman–Crippen LogP) is 3.97. The van der Waals surface area contributed by atoms with Crippen LogP contribution in [0, 0.1) is 11.7 Å². The molecule has 154 valence electrons. The van der Waals surface area contributed by atoms with Crippen molar-refractivity contribution >= 4 is 22.8 Å². The third-order valence-electron chi connectivity index (χ3n) is 5.45. The van der Waals surface area contributed by atoms with Gasteiger partial charge in [0.1, 0.15) is 11.4 Å². The zero-order chi connectivity index (χ0) is 20.8. The van der Waals surface area contributed by atoms with Crippen LogP contribution in [-0.2, 0) is 9.47 Å². The van der Waals surface area contributed by atoms with Gasteiger partial charge in [-0.15, -0.1) is 0 Å². The molecule has 3 heterocycles. The first-order valence-corrected chi connectivity index (χ1v) is 9.90. The number of hydrogen-bond donors (Lipinski definition) is 0. The monoisotopic (exact) mass is 400 g/mol. The van der Waals surface area contributed by atoms with Gasteiger partial charge in [-0.25, -0.2) is 9.18 Å². The minimum atomic E-state index is -0.596. The first kappa shape index (κ1) is 19.8. The molecule has 0 saturated carbocycles. The van der Waals surface area contributed by atoms with Crippen LogP contribution in [0.25, 0.3) is 10.9 Å². The Labute approximate surface area is 169 Å². The van der Waals surface area contributed by atoms with E-state index in [1.165, 1.54) is 6.07 Å². The van der Waals surface area contributed by atoms with Crippen molar-refractivity contribution < 1.29 is 23.5 Å². The number of fused-ring (bicyclic) bond motifs is 3. The summed E-state index contributed by atoms with van der Waals surface area (Å²) in [5.74, 6) is -1.15. The van der Waals surface area contributed by atoms with Gasteiger partial charge in [-0.2, -0.15) is 0 Å². The van der Waals surface area contributed by atoms with Crippen molar-refractivity contribution in [2.24, 2.45) is 5.92 Å². The third kappa shape index (κ3) is 3.96. The van der Waals surface area contributed by atoms with Crippen LogP contribution < -0.4 is 0 Å². The van der Waals surface area contributed by atoms with Crippen LogP contribution in [0.3, 0.4) is 0 Å². The van der Waals surface area contributed by atoms with Crippen LogP contribution in [0.1, 0.15) is 44.0 Å². The van der Waals surface area contributed by atoms with Gasteiger partial charge in [0, 0.05) is 23.6 Å². The van der Waals surface area contributed by atoms with Crippen LogP contribution in [-0.4, -0.2) is 52.7 Å². The summed E-state index contributed by atoms with van der Waals surface area (Å²) in [4.78, 5) is 31.7. The van der Waals surface area contributed by atoms with Crippen LogP contribution in [0.2, 0.25) is 0 Å². The van der Waals surface area contributed by atoms with Gasteiger partial charge in [-0.1, -0.05) is 6.07 Å². The Morgan fingerprint density at radius 1 is 1.21 bits per heavy atom. The number of carbonyl (C=O) groups is 2. The molecule has 7 heteroatoms. The Hall–Kier alpha value is -2.54. The molecule has 2 atom stereocenters. The molecule has 2 unspecified atom stereocenters. The fourth-order valence-corrected chi connectivity index (χ4v) is 4.25. The number of morpholine rings is 1. The Kier molecular flexibility index (Phi) is 5.02. The van der Waals surface area contributed by atoms with Crippen molar-refractivity contribution in [1.29, 1.82) is 0 Å². The van der Waals surface area contributed by atoms with Gasteiger partial charge in [0.05, 0.1) is 36.4 Å². The quantitative estimate of drug-likeness (QED) is 0.714. The molecule has 1 aromatic carbocycles. The zero-order valence-corrected chi connectivity index (χ0v) is 16.9. The molecule has 2 saturated heterocycles. The minimum Gasteiger partial charge on any atom is -0.444 e. The first-order chi connectivity index (χ1) is 13.7. The summed E-state index contributed by atoms with van der Waals surface area (Å²) in [6.07, 6.45) is 2.07. The van der Waals surface area contributed by atoms with Crippen molar-refractivity contribution in [3.05, 3.63) is 41.8 Å². The maximum absolute atomic E-state index is 14.6. The summed E-state index contributed by atoms with van der Waals surface area (Å²) < 4.78 is 25.8. The Bertz CT molecular complexity index is 941. The van der Waals surface area contributed by atoms with E-state index in [1.807, 2.05) is 26.8 Å². The van der Waals surface area contributed by atoms with E-state index in [0.717, 1.165) is 5.39 Å². The number of amides is 1. The minimum absolute atomic E-state index is 0.0835. The molecule has 2 aromatic rings. The summed E-state index contributed by atoms with van der Waals surface area (Å²) in [7, 11) is 0. The fraction of sp³-hybridized carbons (Fsp3) is 0.500. The van der Waals surface area contributed by atoms with Crippen molar-refractivity contribution in [3.8, 4) is 0 Å². The number of nitrogens with zero attached hydrogens (tertiary/aromatic N) is 2. The highest BCUT2D eigenvalue weighted by Gasteiger charge is 2.45. The highest BCUT2D eigenvalue weighted by molar-refractivity contribution is 6.01. The summed E-state index contributed by atoms with van der Waals surface area (Å²) >= 11 is 0. The molecule has 2 aliphatic heterocycles. The molecule has 2 bridgehead atoms. The van der Waals surface area contributed by atoms with Crippen LogP contribution >= 0.6 is 0 Å². The van der Waals surface area contributed by atoms with E-state index >= 15 is 0 Å². The highest BCUT2D eigenvalue weighted by Crippen LogP contribution is 2.35. The average Bonchev–Trinajstić information content (AvgIpc) is 2.64. The SMILES string of the molecule is CC(C)(C)OC(=O)N1C2COCC1CC(C(=O)c1cc3cccnc3cc1F)C2. The lowest BCUT2D eigenvalue weighted by Crippen LogP contribution is -2.60. The number of pyridine rings is 1. The molecule has 2 aliphatic rings. The number of carbonyl (C=O) groups excluding carboxylic acids is 2. The third-order valence-corrected chi connectivity index (χ3v) is 5.45. The first-order valence-electron chi connectivity index (χ1n) is 9.90. The number of Topliss-reactive ketones (excluding diaryl/α,β-unsaturated/α-hetero) is 1. The van der Waals surface area contributed by atoms with Gasteiger partial charge in [0.15, 0.2) is 5.78 Å². The van der Waals surface area contributed by atoms with Gasteiger partial charge in [0.2, 0.25) is 0 Å². The van der Waals surface area contributed by atoms with E-state index in [4.69, 9.17) is 9.47 Å². The number of ether oxygens (including phenoxy) is 2. The van der Waals surface area contributed by atoms with Gasteiger partial charge in [0.25, 0.3) is 0 Å². The lowest BCUT2D eigenvalue weighted by Gasteiger charge is -2.47. The van der Waals surface area contributed by atoms with Gasteiger partial charge in [-0.05, 0) is 45.7 Å². The summed E-state index contributed by atoms with van der Waals surface area (Å²) in [6, 6.07) is 5.95. The van der Waals surface area contributed by atoms with Gasteiger partial charge < -0.3 is 9.47 Å². The van der Waals surface area contributed by atoms with Gasteiger partial charge in [-0.3, -0.25) is 14.7 Å². The van der Waals surface area contributed by atoms with Crippen LogP contribution in [0.15, 0.2) is 30.5 Å². The molecule has 1 aromatic heterocycles. The standard InChI is InChI=1S/C22H25FN2O4/c1-22(2,3)29-21(27)25-15-7-14(8-16(25)12-28-11-15)20(26)17-9-13-5-4-6-24-19(13)10-18(17)23/h4-6,9-10,14-16H,7-8,11-12H2,1-3H3. The molecule has 0 spiro atoms. The molecule has 0 aliphatic carbocycles. The Balaban J connectivity index is 1.56. The van der Waals surface area contributed by atoms with E-state index in [-0.39, 0.29) is 35.4 Å². The molecule has 1 amide bonds. The normalized spacial score (nSPS) is 24.4. The molecule has 6 nitrogen and oxygen atoms in total. The lowest BCUT2D eigenvalue weighted by molar-refractivity contribution is -0.0861. The Morgan fingerprint density at radius 3 is 2.55 bits per heavy atom. The second kappa shape index (κ2) is 7.37. The Morgan fingerprint density at radius 2 is 1.90 bits per heavy atom. The second-order valence-corrected chi connectivity index (χ2v) is 8.79. The lowest BCUT2D eigenvalue weighted by atomic mass is 9.80. The molecule has 4 rings (SSSR count). The maximum atomic E-state index is 14.6. The molecular formula is C22H25FN2O4. The van der Waals surface area contributed by atoms with Crippen LogP contribution in [0.4, 0.5) is 9.18 Å². The number of benzene rings is 1. The van der Waals surface area contributed by atoms with E-state index in [2.05, 4.69) is 4.98 Å². The smallest absolute Gasteiger partial charge is 0.410 e. The number of piperidine rings is 1. The summed E-state index contributed by atoms with van der Waals surface area (Å²) in [5, 5.41) is 0.729. The highest BCUT2D eigenvalue weighted by atomic mass is 19.1.